The Labute approximate surface area is 125 Å². The lowest BCUT2D eigenvalue weighted by atomic mass is 9.84. The summed E-state index contributed by atoms with van der Waals surface area (Å²) in [6.45, 7) is 1.59. The Morgan fingerprint density at radius 3 is 2.80 bits per heavy atom. The van der Waals surface area contributed by atoms with Gasteiger partial charge in [0.05, 0.1) is 0 Å². The highest BCUT2D eigenvalue weighted by Gasteiger charge is 2.39. The van der Waals surface area contributed by atoms with Gasteiger partial charge in [-0.1, -0.05) is 24.4 Å². The van der Waals surface area contributed by atoms with Crippen molar-refractivity contribution in [1.82, 2.24) is 4.90 Å². The Morgan fingerprint density at radius 2 is 2.05 bits per heavy atom. The molecule has 110 valence electrons. The van der Waals surface area contributed by atoms with E-state index in [4.69, 9.17) is 17.3 Å². The molecular formula is C16H22ClFN2. The minimum Gasteiger partial charge on any atom is -0.329 e. The van der Waals surface area contributed by atoms with Crippen LogP contribution in [0.4, 0.5) is 4.39 Å². The van der Waals surface area contributed by atoms with E-state index in [1.807, 2.05) is 6.07 Å². The van der Waals surface area contributed by atoms with Gasteiger partial charge in [0, 0.05) is 23.7 Å². The maximum absolute atomic E-state index is 13.6. The second kappa shape index (κ2) is 6.00. The molecule has 20 heavy (non-hydrogen) atoms. The maximum atomic E-state index is 13.6. The van der Waals surface area contributed by atoms with E-state index in [-0.39, 0.29) is 11.9 Å². The largest absolute Gasteiger partial charge is 0.329 e. The van der Waals surface area contributed by atoms with Gasteiger partial charge in [0.15, 0.2) is 0 Å². The first-order valence-electron chi connectivity index (χ1n) is 7.61. The molecule has 3 unspecified atom stereocenters. The first kappa shape index (κ1) is 14.3. The molecule has 2 N–H and O–H groups in total. The highest BCUT2D eigenvalue weighted by atomic mass is 35.5. The highest BCUT2D eigenvalue weighted by molar-refractivity contribution is 6.30. The van der Waals surface area contributed by atoms with Gasteiger partial charge >= 0.3 is 0 Å². The Bertz CT molecular complexity index is 459. The number of rotatable bonds is 3. The molecule has 1 aliphatic heterocycles. The SMILES string of the molecule is NCC(c1cc(F)cc(Cl)c1)N1CCC2CCCCC21. The summed E-state index contributed by atoms with van der Waals surface area (Å²) in [5.41, 5.74) is 6.92. The third-order valence-corrected chi connectivity index (χ3v) is 5.16. The number of likely N-dealkylation sites (tertiary alicyclic amines) is 1. The predicted octanol–water partition coefficient (Wildman–Crippen LogP) is 3.74. The maximum Gasteiger partial charge on any atom is 0.125 e. The minimum absolute atomic E-state index is 0.0938. The van der Waals surface area contributed by atoms with E-state index in [1.165, 1.54) is 38.2 Å². The summed E-state index contributed by atoms with van der Waals surface area (Å²) in [5, 5.41) is 0.456. The minimum atomic E-state index is -0.273. The van der Waals surface area contributed by atoms with Crippen LogP contribution in [0.5, 0.6) is 0 Å². The zero-order chi connectivity index (χ0) is 14.1. The summed E-state index contributed by atoms with van der Waals surface area (Å²) in [6, 6.07) is 5.51. The zero-order valence-corrected chi connectivity index (χ0v) is 12.5. The standard InChI is InChI=1S/C16H22ClFN2/c17-13-7-12(8-14(18)9-13)16(10-19)20-6-5-11-3-1-2-4-15(11)20/h7-9,11,15-16H,1-6,10,19H2. The van der Waals surface area contributed by atoms with Crippen molar-refractivity contribution in [3.63, 3.8) is 0 Å². The van der Waals surface area contributed by atoms with Crippen molar-refractivity contribution in [2.45, 2.75) is 44.2 Å². The molecule has 0 aromatic heterocycles. The topological polar surface area (TPSA) is 29.3 Å². The fourth-order valence-corrected chi connectivity index (χ4v) is 4.29. The van der Waals surface area contributed by atoms with Crippen LogP contribution in [-0.2, 0) is 0 Å². The molecule has 4 heteroatoms. The molecule has 1 saturated heterocycles. The van der Waals surface area contributed by atoms with Gasteiger partial charge in [0.1, 0.15) is 5.82 Å². The summed E-state index contributed by atoms with van der Waals surface area (Å²) < 4.78 is 13.6. The molecule has 1 saturated carbocycles. The monoisotopic (exact) mass is 296 g/mol. The molecule has 0 radical (unpaired) electrons. The second-order valence-corrected chi connectivity index (χ2v) is 6.53. The predicted molar refractivity (Wildman–Crippen MR) is 80.3 cm³/mol. The smallest absolute Gasteiger partial charge is 0.125 e. The average Bonchev–Trinajstić information content (AvgIpc) is 2.83. The summed E-state index contributed by atoms with van der Waals surface area (Å²) in [6.07, 6.45) is 6.50. The number of nitrogens with two attached hydrogens (primary N) is 1. The van der Waals surface area contributed by atoms with Crippen LogP contribution in [0.3, 0.4) is 0 Å². The molecule has 1 heterocycles. The first-order valence-corrected chi connectivity index (χ1v) is 7.98. The molecule has 2 fully saturated rings. The van der Waals surface area contributed by atoms with Crippen molar-refractivity contribution < 1.29 is 4.39 Å². The summed E-state index contributed by atoms with van der Waals surface area (Å²) in [4.78, 5) is 2.49. The van der Waals surface area contributed by atoms with Gasteiger partial charge in [-0.2, -0.15) is 0 Å². The molecule has 0 amide bonds. The van der Waals surface area contributed by atoms with Crippen LogP contribution in [0, 0.1) is 11.7 Å². The van der Waals surface area contributed by atoms with Gasteiger partial charge in [-0.15, -0.1) is 0 Å². The van der Waals surface area contributed by atoms with Gasteiger partial charge in [-0.3, -0.25) is 4.90 Å². The van der Waals surface area contributed by atoms with E-state index >= 15 is 0 Å². The van der Waals surface area contributed by atoms with Crippen molar-refractivity contribution in [3.8, 4) is 0 Å². The third kappa shape index (κ3) is 2.72. The van der Waals surface area contributed by atoms with Gasteiger partial charge in [0.25, 0.3) is 0 Å². The lowest BCUT2D eigenvalue weighted by Gasteiger charge is -2.37. The Hall–Kier alpha value is -0.640. The fraction of sp³-hybridized carbons (Fsp3) is 0.625. The van der Waals surface area contributed by atoms with Crippen LogP contribution < -0.4 is 5.73 Å². The van der Waals surface area contributed by atoms with E-state index in [2.05, 4.69) is 4.90 Å². The van der Waals surface area contributed by atoms with Gasteiger partial charge in [0.2, 0.25) is 0 Å². The molecule has 0 spiro atoms. The quantitative estimate of drug-likeness (QED) is 0.920. The second-order valence-electron chi connectivity index (χ2n) is 6.09. The molecule has 0 bridgehead atoms. The van der Waals surface area contributed by atoms with Gasteiger partial charge < -0.3 is 5.73 Å². The number of fused-ring (bicyclic) bond motifs is 1. The van der Waals surface area contributed by atoms with Crippen LogP contribution in [0.2, 0.25) is 5.02 Å². The fourth-order valence-electron chi connectivity index (χ4n) is 4.06. The Balaban J connectivity index is 1.85. The van der Waals surface area contributed by atoms with E-state index in [0.717, 1.165) is 18.0 Å². The summed E-state index contributed by atoms with van der Waals surface area (Å²) in [5.74, 6) is 0.534. The van der Waals surface area contributed by atoms with Gasteiger partial charge in [-0.05, 0) is 55.5 Å². The van der Waals surface area contributed by atoms with Crippen molar-refractivity contribution in [3.05, 3.63) is 34.6 Å². The Morgan fingerprint density at radius 1 is 1.25 bits per heavy atom. The molecule has 2 aliphatic rings. The number of benzene rings is 1. The summed E-state index contributed by atoms with van der Waals surface area (Å²) in [7, 11) is 0. The van der Waals surface area contributed by atoms with Crippen LogP contribution in [0.1, 0.15) is 43.7 Å². The molecule has 3 atom stereocenters. The van der Waals surface area contributed by atoms with Crippen LogP contribution >= 0.6 is 11.6 Å². The van der Waals surface area contributed by atoms with Crippen molar-refractivity contribution in [2.24, 2.45) is 11.7 Å². The van der Waals surface area contributed by atoms with Crippen LogP contribution in [-0.4, -0.2) is 24.0 Å². The molecule has 1 aromatic rings. The van der Waals surface area contributed by atoms with Crippen molar-refractivity contribution in [2.75, 3.05) is 13.1 Å². The van der Waals surface area contributed by atoms with E-state index < -0.39 is 0 Å². The highest BCUT2D eigenvalue weighted by Crippen LogP contribution is 2.40. The lowest BCUT2D eigenvalue weighted by Crippen LogP contribution is -2.40. The number of hydrogen-bond acceptors (Lipinski definition) is 2. The van der Waals surface area contributed by atoms with E-state index in [1.54, 1.807) is 6.07 Å². The number of nitrogens with zero attached hydrogens (tertiary/aromatic N) is 1. The van der Waals surface area contributed by atoms with Crippen molar-refractivity contribution in [1.29, 1.82) is 0 Å². The van der Waals surface area contributed by atoms with Crippen LogP contribution in [0.25, 0.3) is 0 Å². The third-order valence-electron chi connectivity index (χ3n) is 4.95. The zero-order valence-electron chi connectivity index (χ0n) is 11.7. The van der Waals surface area contributed by atoms with Gasteiger partial charge in [-0.25, -0.2) is 4.39 Å². The van der Waals surface area contributed by atoms with E-state index in [0.29, 0.717) is 17.6 Å². The summed E-state index contributed by atoms with van der Waals surface area (Å²) >= 11 is 6.00. The molecule has 3 rings (SSSR count). The molecule has 1 aromatic carbocycles. The average molecular weight is 297 g/mol. The normalized spacial score (nSPS) is 28.4. The molecule has 1 aliphatic carbocycles. The Kier molecular flexibility index (Phi) is 4.29. The van der Waals surface area contributed by atoms with Crippen molar-refractivity contribution >= 4 is 11.6 Å². The number of hydrogen-bond donors (Lipinski definition) is 1. The number of halogens is 2. The molecular weight excluding hydrogens is 275 g/mol. The van der Waals surface area contributed by atoms with Crippen LogP contribution in [0.15, 0.2) is 18.2 Å². The lowest BCUT2D eigenvalue weighted by molar-refractivity contribution is 0.135. The molecule has 2 nitrogen and oxygen atoms in total. The van der Waals surface area contributed by atoms with E-state index in [9.17, 15) is 4.39 Å². The first-order chi connectivity index (χ1) is 9.69.